The van der Waals surface area contributed by atoms with E-state index in [9.17, 15) is 17.2 Å². The molecule has 0 aliphatic rings. The molecule has 0 heterocycles. The highest BCUT2D eigenvalue weighted by Crippen LogP contribution is 2.17. The van der Waals surface area contributed by atoms with Crippen LogP contribution in [0, 0.1) is 7.05 Å². The molecule has 0 unspecified atom stereocenters. The summed E-state index contributed by atoms with van der Waals surface area (Å²) in [6, 6.07) is 4.56. The average molecular weight is 236 g/mol. The average Bonchev–Trinajstić information content (AvgIpc) is 2.18. The molecule has 0 spiro atoms. The van der Waals surface area contributed by atoms with Crippen LogP contribution in [-0.4, -0.2) is 15.0 Å². The fourth-order valence-electron chi connectivity index (χ4n) is 0.884. The molecule has 1 rings (SSSR count). The van der Waals surface area contributed by atoms with E-state index in [4.69, 9.17) is 0 Å². The molecule has 1 aromatic rings. The number of sulfonamides is 1. The second-order valence-electron chi connectivity index (χ2n) is 2.50. The Kier molecular flexibility index (Phi) is 3.59. The van der Waals surface area contributed by atoms with Crippen molar-refractivity contribution in [1.29, 1.82) is 0 Å². The number of alkyl halides is 2. The van der Waals surface area contributed by atoms with Gasteiger partial charge in [-0.15, -0.1) is 0 Å². The summed E-state index contributed by atoms with van der Waals surface area (Å²) in [4.78, 5) is -0.0703. The van der Waals surface area contributed by atoms with Crippen molar-refractivity contribution >= 4 is 10.0 Å². The summed E-state index contributed by atoms with van der Waals surface area (Å²) in [5.41, 5.74) is 0. The molecular weight excluding hydrogens is 228 g/mol. The van der Waals surface area contributed by atoms with Gasteiger partial charge in [0.15, 0.2) is 0 Å². The summed E-state index contributed by atoms with van der Waals surface area (Å²) < 4.78 is 51.8. The highest BCUT2D eigenvalue weighted by Gasteiger charge is 2.11. The van der Waals surface area contributed by atoms with Crippen LogP contribution in [0.15, 0.2) is 29.2 Å². The minimum absolute atomic E-state index is 0.0703. The van der Waals surface area contributed by atoms with E-state index in [1.807, 2.05) is 4.72 Å². The molecule has 1 aromatic carbocycles. The Hall–Kier alpha value is -1.21. The topological polar surface area (TPSA) is 55.4 Å². The molecule has 0 saturated heterocycles. The van der Waals surface area contributed by atoms with Gasteiger partial charge in [-0.2, -0.15) is 8.78 Å². The predicted octanol–water partition coefficient (Wildman–Crippen LogP) is 1.36. The third-order valence-corrected chi connectivity index (χ3v) is 2.82. The Morgan fingerprint density at radius 3 is 2.20 bits per heavy atom. The molecular formula is C8H8F2NO3S. The van der Waals surface area contributed by atoms with E-state index >= 15 is 0 Å². The molecule has 0 aliphatic carbocycles. The molecule has 0 atom stereocenters. The number of hydrogen-bond acceptors (Lipinski definition) is 3. The van der Waals surface area contributed by atoms with E-state index in [-0.39, 0.29) is 10.6 Å². The summed E-state index contributed by atoms with van der Waals surface area (Å²) in [6.45, 7) is -2.93. The molecule has 83 valence electrons. The van der Waals surface area contributed by atoms with Crippen molar-refractivity contribution in [3.05, 3.63) is 31.3 Å². The van der Waals surface area contributed by atoms with Crippen molar-refractivity contribution in [3.63, 3.8) is 0 Å². The number of ether oxygens (including phenoxy) is 1. The van der Waals surface area contributed by atoms with E-state index in [2.05, 4.69) is 11.8 Å². The molecule has 7 heteroatoms. The molecule has 0 fully saturated rings. The maximum Gasteiger partial charge on any atom is 0.387 e. The third-order valence-electron chi connectivity index (χ3n) is 1.55. The second kappa shape index (κ2) is 4.54. The lowest BCUT2D eigenvalue weighted by atomic mass is 10.3. The van der Waals surface area contributed by atoms with Crippen molar-refractivity contribution in [1.82, 2.24) is 4.72 Å². The predicted molar refractivity (Wildman–Crippen MR) is 48.8 cm³/mol. The highest BCUT2D eigenvalue weighted by molar-refractivity contribution is 7.89. The van der Waals surface area contributed by atoms with Crippen LogP contribution in [0.25, 0.3) is 0 Å². The minimum Gasteiger partial charge on any atom is -0.435 e. The van der Waals surface area contributed by atoms with Gasteiger partial charge < -0.3 is 4.74 Å². The second-order valence-corrected chi connectivity index (χ2v) is 4.26. The molecule has 0 saturated carbocycles. The van der Waals surface area contributed by atoms with Crippen molar-refractivity contribution in [2.24, 2.45) is 0 Å². The zero-order valence-corrected chi connectivity index (χ0v) is 8.30. The maximum absolute atomic E-state index is 11.8. The molecule has 1 radical (unpaired) electrons. The van der Waals surface area contributed by atoms with Crippen LogP contribution in [0.2, 0.25) is 0 Å². The Morgan fingerprint density at radius 2 is 1.80 bits per heavy atom. The van der Waals surface area contributed by atoms with Gasteiger partial charge in [-0.3, -0.25) is 0 Å². The summed E-state index contributed by atoms with van der Waals surface area (Å²) in [7, 11) is -0.632. The SMILES string of the molecule is [CH2]NS(=O)(=O)c1ccc(OC(F)F)cc1. The molecule has 0 aliphatic heterocycles. The summed E-state index contributed by atoms with van der Waals surface area (Å²) in [5, 5.41) is 0. The van der Waals surface area contributed by atoms with Crippen molar-refractivity contribution in [2.45, 2.75) is 11.5 Å². The van der Waals surface area contributed by atoms with E-state index < -0.39 is 16.6 Å². The molecule has 15 heavy (non-hydrogen) atoms. The first-order chi connectivity index (χ1) is 6.95. The highest BCUT2D eigenvalue weighted by atomic mass is 32.2. The van der Waals surface area contributed by atoms with Crippen LogP contribution in [0.1, 0.15) is 0 Å². The third kappa shape index (κ3) is 3.14. The van der Waals surface area contributed by atoms with Gasteiger partial charge >= 0.3 is 6.61 Å². The first-order valence-corrected chi connectivity index (χ1v) is 5.28. The number of hydrogen-bond donors (Lipinski definition) is 1. The number of halogens is 2. The zero-order chi connectivity index (χ0) is 11.5. The summed E-state index contributed by atoms with van der Waals surface area (Å²) in [6.07, 6.45) is 0. The lowest BCUT2D eigenvalue weighted by Crippen LogP contribution is -2.16. The van der Waals surface area contributed by atoms with E-state index in [1.165, 1.54) is 0 Å². The van der Waals surface area contributed by atoms with Gasteiger partial charge in [0.25, 0.3) is 0 Å². The van der Waals surface area contributed by atoms with Crippen LogP contribution in [0.3, 0.4) is 0 Å². The van der Waals surface area contributed by atoms with Gasteiger partial charge in [0, 0.05) is 7.05 Å². The lowest BCUT2D eigenvalue weighted by molar-refractivity contribution is -0.0498. The molecule has 1 N–H and O–H groups in total. The quantitative estimate of drug-likeness (QED) is 0.858. The number of rotatable bonds is 4. The fourth-order valence-corrected chi connectivity index (χ4v) is 1.54. The van der Waals surface area contributed by atoms with E-state index in [0.29, 0.717) is 0 Å². The van der Waals surface area contributed by atoms with Crippen LogP contribution in [-0.2, 0) is 10.0 Å². The Bertz CT molecular complexity index is 416. The van der Waals surface area contributed by atoms with Gasteiger partial charge in [0.1, 0.15) is 5.75 Å². The van der Waals surface area contributed by atoms with Gasteiger partial charge in [-0.05, 0) is 24.3 Å². The smallest absolute Gasteiger partial charge is 0.387 e. The van der Waals surface area contributed by atoms with Crippen LogP contribution < -0.4 is 9.46 Å². The van der Waals surface area contributed by atoms with Crippen molar-refractivity contribution in [2.75, 3.05) is 0 Å². The van der Waals surface area contributed by atoms with Gasteiger partial charge in [-0.25, -0.2) is 13.1 Å². The molecule has 0 bridgehead atoms. The fraction of sp³-hybridized carbons (Fsp3) is 0.125. The Balaban J connectivity index is 2.91. The molecule has 4 nitrogen and oxygen atoms in total. The first kappa shape index (κ1) is 11.9. The van der Waals surface area contributed by atoms with E-state index in [1.54, 1.807) is 0 Å². The summed E-state index contributed by atoms with van der Waals surface area (Å²) in [5.74, 6) is -0.104. The molecule has 0 aromatic heterocycles. The van der Waals surface area contributed by atoms with Gasteiger partial charge in [-0.1, -0.05) is 0 Å². The Morgan fingerprint density at radius 1 is 1.27 bits per heavy atom. The first-order valence-electron chi connectivity index (χ1n) is 3.79. The van der Waals surface area contributed by atoms with Crippen LogP contribution >= 0.6 is 0 Å². The largest absolute Gasteiger partial charge is 0.435 e. The van der Waals surface area contributed by atoms with Crippen molar-refractivity contribution in [3.8, 4) is 5.75 Å². The van der Waals surface area contributed by atoms with Gasteiger partial charge in [0.05, 0.1) is 4.90 Å². The Labute approximate surface area is 85.9 Å². The maximum atomic E-state index is 11.8. The number of benzene rings is 1. The normalized spacial score (nSPS) is 11.7. The molecule has 0 amide bonds. The lowest BCUT2D eigenvalue weighted by Gasteiger charge is -2.05. The minimum atomic E-state index is -3.65. The van der Waals surface area contributed by atoms with E-state index in [0.717, 1.165) is 24.3 Å². The van der Waals surface area contributed by atoms with Crippen LogP contribution in [0.5, 0.6) is 5.75 Å². The monoisotopic (exact) mass is 236 g/mol. The standard InChI is InChI=1S/C8H8F2NO3S/c1-11-15(12,13)7-4-2-6(3-5-7)14-8(9)10/h2-5,8,11H,1H2. The van der Waals surface area contributed by atoms with Crippen molar-refractivity contribution < 1.29 is 21.9 Å². The summed E-state index contributed by atoms with van der Waals surface area (Å²) >= 11 is 0. The van der Waals surface area contributed by atoms with Crippen LogP contribution in [0.4, 0.5) is 8.78 Å². The zero-order valence-electron chi connectivity index (χ0n) is 7.48. The van der Waals surface area contributed by atoms with Gasteiger partial charge in [0.2, 0.25) is 10.0 Å². The number of nitrogens with one attached hydrogen (secondary N) is 1.